The molecule has 1 aliphatic rings. The number of carbonyl (C=O) groups is 1. The van der Waals surface area contributed by atoms with Crippen LogP contribution in [0.5, 0.6) is 0 Å². The van der Waals surface area contributed by atoms with Crippen molar-refractivity contribution in [3.8, 4) is 11.4 Å². The molecule has 1 aromatic heterocycles. The Morgan fingerprint density at radius 2 is 1.64 bits per heavy atom. The van der Waals surface area contributed by atoms with Gasteiger partial charge in [-0.3, -0.25) is 9.59 Å². The van der Waals surface area contributed by atoms with Crippen LogP contribution in [0.15, 0.2) is 47.3 Å². The maximum Gasteiger partial charge on any atom is 0.433 e. The predicted octanol–water partition coefficient (Wildman–Crippen LogP) is 6.24. The zero-order valence-corrected chi connectivity index (χ0v) is 21.0. The fourth-order valence-corrected chi connectivity index (χ4v) is 4.24. The van der Waals surface area contributed by atoms with Gasteiger partial charge in [0, 0.05) is 24.1 Å². The smallest absolute Gasteiger partial charge is 0.373 e. The van der Waals surface area contributed by atoms with Crippen molar-refractivity contribution in [1.29, 1.82) is 0 Å². The van der Waals surface area contributed by atoms with Gasteiger partial charge in [0.25, 0.3) is 5.56 Å². The Hall–Kier alpha value is -3.95. The number of rotatable bonds is 7. The summed E-state index contributed by atoms with van der Waals surface area (Å²) in [5.41, 5.74) is -7.52. The molecule has 2 N–H and O–H groups in total. The van der Waals surface area contributed by atoms with E-state index >= 15 is 4.39 Å². The van der Waals surface area contributed by atoms with Crippen molar-refractivity contribution in [1.82, 2.24) is 15.3 Å². The predicted molar refractivity (Wildman–Crippen MR) is 125 cm³/mol. The summed E-state index contributed by atoms with van der Waals surface area (Å²) in [5.74, 6) is -4.22. The molecule has 0 saturated heterocycles. The molecule has 16 heteroatoms. The molecule has 0 spiro atoms. The molecule has 1 fully saturated rings. The van der Waals surface area contributed by atoms with Crippen LogP contribution in [0.25, 0.3) is 11.4 Å². The maximum atomic E-state index is 15.3. The van der Waals surface area contributed by atoms with E-state index in [-0.39, 0.29) is 31.1 Å². The SMILES string of the molecule is O=C(NCc1ccc(C(F)(F)F)c(-c2nc(C(F)(F)F)cc(=O)[nH]2)c1F)C1CC(OCc2cccc(C(F)(F)F)c2)C1. The van der Waals surface area contributed by atoms with Gasteiger partial charge in [-0.15, -0.1) is 0 Å². The van der Waals surface area contributed by atoms with E-state index in [4.69, 9.17) is 4.74 Å². The number of hydrogen-bond donors (Lipinski definition) is 2. The van der Waals surface area contributed by atoms with Gasteiger partial charge in [0.1, 0.15) is 11.6 Å². The second kappa shape index (κ2) is 11.4. The second-order valence-electron chi connectivity index (χ2n) is 9.45. The topological polar surface area (TPSA) is 84.1 Å². The molecule has 0 bridgehead atoms. The molecule has 3 aromatic rings. The monoisotopic (exact) mass is 611 g/mol. The molecular weight excluding hydrogens is 592 g/mol. The molecule has 42 heavy (non-hydrogen) atoms. The van der Waals surface area contributed by atoms with Crippen LogP contribution in [-0.4, -0.2) is 22.0 Å². The molecule has 4 rings (SSSR count). The minimum Gasteiger partial charge on any atom is -0.373 e. The Balaban J connectivity index is 1.43. The van der Waals surface area contributed by atoms with Gasteiger partial charge in [-0.2, -0.15) is 39.5 Å². The van der Waals surface area contributed by atoms with E-state index in [0.29, 0.717) is 12.1 Å². The summed E-state index contributed by atoms with van der Waals surface area (Å²) in [6, 6.07) is 5.59. The summed E-state index contributed by atoms with van der Waals surface area (Å²) < 4.78 is 139. The highest BCUT2D eigenvalue weighted by Crippen LogP contribution is 2.39. The number of benzene rings is 2. The zero-order chi connectivity index (χ0) is 31.0. The highest BCUT2D eigenvalue weighted by Gasteiger charge is 2.39. The lowest BCUT2D eigenvalue weighted by Crippen LogP contribution is -2.42. The summed E-state index contributed by atoms with van der Waals surface area (Å²) in [7, 11) is 0. The molecular formula is C26H19F10N3O3. The molecule has 0 radical (unpaired) electrons. The number of aromatic nitrogens is 2. The van der Waals surface area contributed by atoms with E-state index in [1.54, 1.807) is 4.98 Å². The third-order valence-electron chi connectivity index (χ3n) is 6.45. The van der Waals surface area contributed by atoms with Gasteiger partial charge in [-0.1, -0.05) is 18.2 Å². The van der Waals surface area contributed by atoms with E-state index in [9.17, 15) is 49.1 Å². The Bertz CT molecular complexity index is 1520. The number of hydrogen-bond acceptors (Lipinski definition) is 4. The molecule has 226 valence electrons. The van der Waals surface area contributed by atoms with E-state index < -0.39 is 88.2 Å². The second-order valence-corrected chi connectivity index (χ2v) is 9.45. The van der Waals surface area contributed by atoms with Crippen molar-refractivity contribution in [2.75, 3.05) is 0 Å². The van der Waals surface area contributed by atoms with Gasteiger partial charge in [0.2, 0.25) is 5.91 Å². The van der Waals surface area contributed by atoms with Gasteiger partial charge in [-0.05, 0) is 36.6 Å². The van der Waals surface area contributed by atoms with E-state index in [1.807, 2.05) is 0 Å². The number of ether oxygens (including phenoxy) is 1. The molecule has 1 saturated carbocycles. The first-order valence-corrected chi connectivity index (χ1v) is 12.1. The number of aromatic amines is 1. The molecule has 0 aliphatic heterocycles. The van der Waals surface area contributed by atoms with E-state index in [0.717, 1.165) is 12.1 Å². The first-order chi connectivity index (χ1) is 19.4. The highest BCUT2D eigenvalue weighted by atomic mass is 19.4. The number of amides is 1. The first kappa shape index (κ1) is 31.0. The zero-order valence-electron chi connectivity index (χ0n) is 21.0. The fraction of sp³-hybridized carbons (Fsp3) is 0.346. The lowest BCUT2D eigenvalue weighted by atomic mass is 9.81. The molecule has 1 amide bonds. The van der Waals surface area contributed by atoms with Crippen LogP contribution >= 0.6 is 0 Å². The summed E-state index contributed by atoms with van der Waals surface area (Å²) in [6.07, 6.45) is -15.1. The maximum absolute atomic E-state index is 15.3. The first-order valence-electron chi connectivity index (χ1n) is 12.1. The van der Waals surface area contributed by atoms with Crippen LogP contribution in [0.2, 0.25) is 0 Å². The number of alkyl halides is 9. The number of nitrogens with one attached hydrogen (secondary N) is 2. The Kier molecular flexibility index (Phi) is 8.40. The van der Waals surface area contributed by atoms with E-state index in [2.05, 4.69) is 10.3 Å². The van der Waals surface area contributed by atoms with Crippen molar-refractivity contribution in [3.63, 3.8) is 0 Å². The van der Waals surface area contributed by atoms with Crippen LogP contribution in [0.1, 0.15) is 40.8 Å². The fourth-order valence-electron chi connectivity index (χ4n) is 4.24. The van der Waals surface area contributed by atoms with Crippen molar-refractivity contribution in [2.45, 2.75) is 50.6 Å². The minimum atomic E-state index is -5.24. The normalized spacial score (nSPS) is 17.6. The van der Waals surface area contributed by atoms with Gasteiger partial charge >= 0.3 is 18.5 Å². The van der Waals surface area contributed by atoms with Crippen molar-refractivity contribution in [2.24, 2.45) is 5.92 Å². The van der Waals surface area contributed by atoms with Gasteiger partial charge < -0.3 is 15.0 Å². The number of carbonyl (C=O) groups excluding carboxylic acids is 1. The van der Waals surface area contributed by atoms with Gasteiger partial charge in [-0.25, -0.2) is 9.37 Å². The average molecular weight is 611 g/mol. The summed E-state index contributed by atoms with van der Waals surface area (Å²) in [6.45, 7) is -0.792. The molecule has 0 unspecified atom stereocenters. The van der Waals surface area contributed by atoms with Crippen LogP contribution in [0.4, 0.5) is 43.9 Å². The van der Waals surface area contributed by atoms with Crippen molar-refractivity contribution in [3.05, 3.63) is 86.6 Å². The quantitative estimate of drug-likeness (QED) is 0.310. The molecule has 1 aliphatic carbocycles. The van der Waals surface area contributed by atoms with Crippen molar-refractivity contribution >= 4 is 5.91 Å². The minimum absolute atomic E-state index is 0.00790. The summed E-state index contributed by atoms with van der Waals surface area (Å²) in [5, 5.41) is 2.33. The van der Waals surface area contributed by atoms with Crippen LogP contribution < -0.4 is 10.9 Å². The molecule has 0 atom stereocenters. The number of H-pyrrole nitrogens is 1. The standard InChI is InChI=1S/C26H19F10N3O3/c27-21-13(4-5-17(25(31,32)33)20(21)22-38-18(26(34,35)36)9-19(40)39-22)10-37-23(41)14-7-16(8-14)42-11-12-2-1-3-15(6-12)24(28,29)30/h1-6,9,14,16H,7-8,10-11H2,(H,37,41)(H,38,39,40). The van der Waals surface area contributed by atoms with Gasteiger partial charge in [0.15, 0.2) is 5.69 Å². The summed E-state index contributed by atoms with van der Waals surface area (Å²) >= 11 is 0. The van der Waals surface area contributed by atoms with Crippen LogP contribution in [0.3, 0.4) is 0 Å². The van der Waals surface area contributed by atoms with Crippen LogP contribution in [0, 0.1) is 11.7 Å². The molecule has 1 heterocycles. The molecule has 6 nitrogen and oxygen atoms in total. The van der Waals surface area contributed by atoms with Gasteiger partial charge in [0.05, 0.1) is 29.4 Å². The third kappa shape index (κ3) is 7.09. The number of nitrogens with zero attached hydrogens (tertiary/aromatic N) is 1. The van der Waals surface area contributed by atoms with Crippen molar-refractivity contribution < 1.29 is 53.4 Å². The van der Waals surface area contributed by atoms with E-state index in [1.165, 1.54) is 12.1 Å². The largest absolute Gasteiger partial charge is 0.433 e. The highest BCUT2D eigenvalue weighted by molar-refractivity contribution is 5.79. The van der Waals surface area contributed by atoms with Crippen LogP contribution in [-0.2, 0) is 41.2 Å². The average Bonchev–Trinajstić information content (AvgIpc) is 2.85. The lowest BCUT2D eigenvalue weighted by molar-refractivity contribution is -0.141. The number of halogens is 10. The molecule has 2 aromatic carbocycles. The summed E-state index contributed by atoms with van der Waals surface area (Å²) in [4.78, 5) is 28.9. The lowest BCUT2D eigenvalue weighted by Gasteiger charge is -2.34. The Morgan fingerprint density at radius 3 is 2.26 bits per heavy atom. The Labute approximate surface area is 229 Å². The third-order valence-corrected chi connectivity index (χ3v) is 6.45. The Morgan fingerprint density at radius 1 is 0.952 bits per heavy atom.